The van der Waals surface area contributed by atoms with Crippen molar-refractivity contribution in [2.45, 2.75) is 26.3 Å². The van der Waals surface area contributed by atoms with Crippen LogP contribution in [0.3, 0.4) is 0 Å². The Balaban J connectivity index is 1.36. The molecule has 0 bridgehead atoms. The third kappa shape index (κ3) is 4.04. The van der Waals surface area contributed by atoms with Gasteiger partial charge < -0.3 is 9.47 Å². The summed E-state index contributed by atoms with van der Waals surface area (Å²) in [5, 5.41) is 0.582. The van der Waals surface area contributed by atoms with Crippen molar-refractivity contribution < 1.29 is 14.3 Å². The van der Waals surface area contributed by atoms with Gasteiger partial charge in [0, 0.05) is 18.1 Å². The van der Waals surface area contributed by atoms with Gasteiger partial charge in [0.25, 0.3) is 0 Å². The summed E-state index contributed by atoms with van der Waals surface area (Å²) in [6.07, 6.45) is 3.78. The fourth-order valence-corrected chi connectivity index (χ4v) is 4.49. The number of ketones is 1. The molecule has 0 radical (unpaired) electrons. The van der Waals surface area contributed by atoms with E-state index in [-0.39, 0.29) is 5.78 Å². The van der Waals surface area contributed by atoms with E-state index in [0.29, 0.717) is 35.4 Å². The second-order valence-electron chi connectivity index (χ2n) is 8.25. The van der Waals surface area contributed by atoms with Crippen LogP contribution in [-0.4, -0.2) is 24.0 Å². The molecule has 162 valence electrons. The maximum atomic E-state index is 13.1. The molecule has 0 unspecified atom stereocenters. The number of carbonyl (C=O) groups is 1. The predicted octanol–water partition coefficient (Wildman–Crippen LogP) is 6.05. The second kappa shape index (κ2) is 8.81. The first kappa shape index (κ1) is 20.8. The number of rotatable bonds is 5. The van der Waals surface area contributed by atoms with E-state index in [4.69, 9.17) is 21.1 Å². The van der Waals surface area contributed by atoms with Crippen molar-refractivity contribution in [3.8, 4) is 11.5 Å². The van der Waals surface area contributed by atoms with Crippen LogP contribution in [0.4, 0.5) is 0 Å². The van der Waals surface area contributed by atoms with Crippen LogP contribution in [0.2, 0.25) is 5.02 Å². The van der Waals surface area contributed by atoms with Gasteiger partial charge in [0.05, 0.1) is 11.1 Å². The Hall–Kier alpha value is -3.08. The smallest absolute Gasteiger partial charge is 0.232 e. The van der Waals surface area contributed by atoms with Crippen molar-refractivity contribution in [2.24, 2.45) is 0 Å². The highest BCUT2D eigenvalue weighted by Gasteiger charge is 2.35. The molecular formula is C27H24ClNO3. The van der Waals surface area contributed by atoms with Crippen molar-refractivity contribution >= 4 is 23.5 Å². The molecule has 32 heavy (non-hydrogen) atoms. The van der Waals surface area contributed by atoms with E-state index in [9.17, 15) is 4.79 Å². The lowest BCUT2D eigenvalue weighted by molar-refractivity contribution is 0.0928. The lowest BCUT2D eigenvalue weighted by atomic mass is 9.98. The Labute approximate surface area is 193 Å². The van der Waals surface area contributed by atoms with Gasteiger partial charge in [0.1, 0.15) is 18.2 Å². The van der Waals surface area contributed by atoms with Crippen molar-refractivity contribution in [1.82, 2.24) is 4.90 Å². The van der Waals surface area contributed by atoms with Gasteiger partial charge in [-0.3, -0.25) is 9.69 Å². The highest BCUT2D eigenvalue weighted by Crippen LogP contribution is 2.44. The molecule has 3 aromatic rings. The predicted molar refractivity (Wildman–Crippen MR) is 126 cm³/mol. The standard InChI is InChI=1S/C27H24ClNO3/c1-18-14-23-21(16-29(17-31-23)13-7-10-19-8-3-2-4-9-19)27-25(18)26(30)24(32-27)15-20-11-5-6-12-22(20)28/h2-6,8-9,11-12,14-15H,7,10,13,16-17H2,1H3/b24-15-. The fourth-order valence-electron chi connectivity index (χ4n) is 4.30. The quantitative estimate of drug-likeness (QED) is 0.448. The molecule has 0 fully saturated rings. The van der Waals surface area contributed by atoms with Crippen molar-refractivity contribution in [2.75, 3.05) is 13.3 Å². The molecule has 2 heterocycles. The van der Waals surface area contributed by atoms with Gasteiger partial charge in [-0.1, -0.05) is 60.1 Å². The Bertz CT molecular complexity index is 1200. The van der Waals surface area contributed by atoms with Gasteiger partial charge in [0.2, 0.25) is 5.78 Å². The number of allylic oxidation sites excluding steroid dienone is 1. The fraction of sp³-hybridized carbons (Fsp3) is 0.222. The highest BCUT2D eigenvalue weighted by molar-refractivity contribution is 6.32. The monoisotopic (exact) mass is 445 g/mol. The first-order valence-electron chi connectivity index (χ1n) is 10.8. The van der Waals surface area contributed by atoms with Gasteiger partial charge in [-0.15, -0.1) is 0 Å². The van der Waals surface area contributed by atoms with E-state index >= 15 is 0 Å². The number of nitrogens with zero attached hydrogens (tertiary/aromatic N) is 1. The minimum atomic E-state index is -0.110. The summed E-state index contributed by atoms with van der Waals surface area (Å²) in [4.78, 5) is 15.4. The minimum Gasteiger partial charge on any atom is -0.478 e. The molecule has 3 aromatic carbocycles. The van der Waals surface area contributed by atoms with E-state index in [1.165, 1.54) is 5.56 Å². The summed E-state index contributed by atoms with van der Waals surface area (Å²) in [6.45, 7) is 4.07. The zero-order valence-electron chi connectivity index (χ0n) is 17.9. The number of hydrogen-bond acceptors (Lipinski definition) is 4. The van der Waals surface area contributed by atoms with E-state index < -0.39 is 0 Å². The maximum Gasteiger partial charge on any atom is 0.232 e. The number of ether oxygens (including phenoxy) is 2. The number of carbonyl (C=O) groups excluding carboxylic acids is 1. The first-order valence-corrected chi connectivity index (χ1v) is 11.2. The van der Waals surface area contributed by atoms with Crippen molar-refractivity contribution in [1.29, 1.82) is 0 Å². The van der Waals surface area contributed by atoms with Crippen LogP contribution in [0.25, 0.3) is 6.08 Å². The topological polar surface area (TPSA) is 38.8 Å². The van der Waals surface area contributed by atoms with Crippen molar-refractivity contribution in [3.05, 3.63) is 99.3 Å². The molecule has 0 atom stereocenters. The molecule has 5 heteroatoms. The maximum absolute atomic E-state index is 13.1. The summed E-state index contributed by atoms with van der Waals surface area (Å²) in [7, 11) is 0. The summed E-state index contributed by atoms with van der Waals surface area (Å²) >= 11 is 6.28. The summed E-state index contributed by atoms with van der Waals surface area (Å²) in [6, 6.07) is 19.9. The minimum absolute atomic E-state index is 0.110. The normalized spacial score (nSPS) is 16.4. The number of fused-ring (bicyclic) bond motifs is 3. The molecule has 0 spiro atoms. The van der Waals surface area contributed by atoms with Gasteiger partial charge in [0.15, 0.2) is 5.76 Å². The second-order valence-corrected chi connectivity index (χ2v) is 8.66. The van der Waals surface area contributed by atoms with Crippen LogP contribution in [0.15, 0.2) is 66.4 Å². The average molecular weight is 446 g/mol. The number of halogens is 1. The van der Waals surface area contributed by atoms with Crippen LogP contribution in [0.5, 0.6) is 11.5 Å². The molecule has 0 aliphatic carbocycles. The SMILES string of the molecule is Cc1cc2c(c3c1C(=O)/C(=C/c1ccccc1Cl)O3)CN(CCCc1ccccc1)CO2. The Morgan fingerprint density at radius 1 is 1.09 bits per heavy atom. The zero-order valence-corrected chi connectivity index (χ0v) is 18.7. The van der Waals surface area contributed by atoms with Crippen LogP contribution in [0.1, 0.15) is 39.0 Å². The third-order valence-corrected chi connectivity index (χ3v) is 6.31. The molecule has 2 aliphatic rings. The van der Waals surface area contributed by atoms with Gasteiger partial charge in [-0.25, -0.2) is 0 Å². The van der Waals surface area contributed by atoms with E-state index in [2.05, 4.69) is 29.2 Å². The van der Waals surface area contributed by atoms with Crippen molar-refractivity contribution in [3.63, 3.8) is 0 Å². The first-order chi connectivity index (χ1) is 15.6. The molecule has 0 amide bonds. The number of aryl methyl sites for hydroxylation is 2. The van der Waals surface area contributed by atoms with E-state index in [0.717, 1.165) is 41.8 Å². The number of Topliss-reactive ketones (excluding diaryl/α,β-unsaturated/α-hetero) is 1. The molecule has 0 N–H and O–H groups in total. The zero-order chi connectivity index (χ0) is 22.1. The number of hydrogen-bond donors (Lipinski definition) is 0. The van der Waals surface area contributed by atoms with Gasteiger partial charge in [-0.05, 0) is 54.7 Å². The molecule has 0 aromatic heterocycles. The van der Waals surface area contributed by atoms with Crippen LogP contribution >= 0.6 is 11.6 Å². The van der Waals surface area contributed by atoms with Gasteiger partial charge in [-0.2, -0.15) is 0 Å². The van der Waals surface area contributed by atoms with Crippen LogP contribution in [-0.2, 0) is 13.0 Å². The van der Waals surface area contributed by atoms with E-state index in [1.54, 1.807) is 12.1 Å². The largest absolute Gasteiger partial charge is 0.478 e. The number of benzene rings is 3. The highest BCUT2D eigenvalue weighted by atomic mass is 35.5. The lowest BCUT2D eigenvalue weighted by Crippen LogP contribution is -2.33. The van der Waals surface area contributed by atoms with E-state index in [1.807, 2.05) is 37.3 Å². The molecule has 2 aliphatic heterocycles. The van der Waals surface area contributed by atoms with Crippen LogP contribution in [0, 0.1) is 6.92 Å². The van der Waals surface area contributed by atoms with Gasteiger partial charge >= 0.3 is 0 Å². The summed E-state index contributed by atoms with van der Waals surface area (Å²) in [5.74, 6) is 1.61. The molecule has 4 nitrogen and oxygen atoms in total. The van der Waals surface area contributed by atoms with Crippen LogP contribution < -0.4 is 9.47 Å². The molecule has 5 rings (SSSR count). The molecular weight excluding hydrogens is 422 g/mol. The molecule has 0 saturated heterocycles. The summed E-state index contributed by atoms with van der Waals surface area (Å²) in [5.41, 5.74) is 4.52. The Kier molecular flexibility index (Phi) is 5.73. The Morgan fingerprint density at radius 3 is 2.69 bits per heavy atom. The molecule has 0 saturated carbocycles. The lowest BCUT2D eigenvalue weighted by Gasteiger charge is -2.30. The average Bonchev–Trinajstić information content (AvgIpc) is 3.13. The Morgan fingerprint density at radius 2 is 1.88 bits per heavy atom. The summed E-state index contributed by atoms with van der Waals surface area (Å²) < 4.78 is 12.2. The third-order valence-electron chi connectivity index (χ3n) is 5.96.